The highest BCUT2D eigenvalue weighted by Gasteiger charge is 2.15. The van der Waals surface area contributed by atoms with Crippen LogP contribution in [0.3, 0.4) is 0 Å². The van der Waals surface area contributed by atoms with E-state index in [0.717, 1.165) is 18.5 Å². The second-order valence-electron chi connectivity index (χ2n) is 5.16. The van der Waals surface area contributed by atoms with Gasteiger partial charge in [0.2, 0.25) is 5.95 Å². The lowest BCUT2D eigenvalue weighted by molar-refractivity contribution is 0.0939. The molecule has 22 heavy (non-hydrogen) atoms. The van der Waals surface area contributed by atoms with E-state index in [-0.39, 0.29) is 28.9 Å². The van der Waals surface area contributed by atoms with Gasteiger partial charge in [0.1, 0.15) is 0 Å². The molecule has 3 rings (SSSR count). The number of aromatic nitrogens is 1. The minimum Gasteiger partial charge on any atom is -0.384 e. The van der Waals surface area contributed by atoms with Crippen LogP contribution in [-0.4, -0.2) is 17.4 Å². The monoisotopic (exact) mass is 365 g/mol. The first-order chi connectivity index (χ1) is 10.1. The smallest absolute Gasteiger partial charge is 0.253 e. The highest BCUT2D eigenvalue weighted by Crippen LogP contribution is 2.25. The molecule has 4 nitrogen and oxygen atoms in total. The minimum absolute atomic E-state index is 0. The lowest BCUT2D eigenvalue weighted by Gasteiger charge is -2.15. The largest absolute Gasteiger partial charge is 0.384 e. The summed E-state index contributed by atoms with van der Waals surface area (Å²) in [7, 11) is 0. The molecule has 2 aromatic rings. The second-order valence-corrected chi connectivity index (χ2v) is 5.16. The number of nitrogens with zero attached hydrogens (tertiary/aromatic N) is 1. The Morgan fingerprint density at radius 3 is 2.91 bits per heavy atom. The van der Waals surface area contributed by atoms with Crippen LogP contribution in [0.4, 0.5) is 10.1 Å². The summed E-state index contributed by atoms with van der Waals surface area (Å²) in [6.07, 6.45) is 2.25. The van der Waals surface area contributed by atoms with Crippen molar-refractivity contribution in [2.24, 2.45) is 0 Å². The first-order valence-electron chi connectivity index (χ1n) is 6.92. The summed E-state index contributed by atoms with van der Waals surface area (Å²) in [5.74, 6) is -0.848. The molecule has 0 saturated carbocycles. The van der Waals surface area contributed by atoms with Gasteiger partial charge in [-0.15, -0.1) is 17.0 Å². The molecule has 2 N–H and O–H groups in total. The predicted molar refractivity (Wildman–Crippen MR) is 89.0 cm³/mol. The minimum atomic E-state index is -0.592. The van der Waals surface area contributed by atoms with E-state index >= 15 is 0 Å². The van der Waals surface area contributed by atoms with E-state index in [1.807, 2.05) is 19.1 Å². The second kappa shape index (κ2) is 6.87. The number of amides is 1. The van der Waals surface area contributed by atoms with Gasteiger partial charge < -0.3 is 10.6 Å². The summed E-state index contributed by atoms with van der Waals surface area (Å²) < 4.78 is 12.8. The molecule has 1 aliphatic rings. The maximum Gasteiger partial charge on any atom is 0.253 e. The molecule has 116 valence electrons. The van der Waals surface area contributed by atoms with Crippen molar-refractivity contribution in [3.8, 4) is 0 Å². The number of benzene rings is 1. The Hall–Kier alpha value is -1.95. The normalized spacial score (nSPS) is 13.5. The Morgan fingerprint density at radius 1 is 1.36 bits per heavy atom. The molecule has 1 aliphatic heterocycles. The van der Waals surface area contributed by atoms with Crippen LogP contribution in [0.15, 0.2) is 36.5 Å². The summed E-state index contributed by atoms with van der Waals surface area (Å²) in [6.45, 7) is 2.89. The molecule has 1 unspecified atom stereocenters. The van der Waals surface area contributed by atoms with Crippen molar-refractivity contribution < 1.29 is 9.18 Å². The van der Waals surface area contributed by atoms with Crippen molar-refractivity contribution in [2.45, 2.75) is 19.4 Å². The van der Waals surface area contributed by atoms with E-state index in [9.17, 15) is 9.18 Å². The summed E-state index contributed by atoms with van der Waals surface area (Å²) >= 11 is 0. The van der Waals surface area contributed by atoms with Crippen LogP contribution < -0.4 is 10.6 Å². The lowest BCUT2D eigenvalue weighted by atomic mass is 10.0. The molecular formula is C16H17BrFN3O. The molecule has 0 bridgehead atoms. The van der Waals surface area contributed by atoms with Crippen LogP contribution >= 0.6 is 17.0 Å². The lowest BCUT2D eigenvalue weighted by Crippen LogP contribution is -2.26. The zero-order valence-corrected chi connectivity index (χ0v) is 13.8. The van der Waals surface area contributed by atoms with Gasteiger partial charge in [-0.05, 0) is 42.7 Å². The molecule has 0 aliphatic carbocycles. The SMILES string of the molecule is Br.CC(NC(=O)c1ccc(F)nc1)c1ccc2c(c1)CCN2. The average molecular weight is 366 g/mol. The van der Waals surface area contributed by atoms with E-state index in [4.69, 9.17) is 0 Å². The van der Waals surface area contributed by atoms with Gasteiger partial charge in [-0.3, -0.25) is 4.79 Å². The van der Waals surface area contributed by atoms with E-state index in [1.54, 1.807) is 0 Å². The topological polar surface area (TPSA) is 54.0 Å². The van der Waals surface area contributed by atoms with Crippen LogP contribution in [-0.2, 0) is 6.42 Å². The molecule has 0 spiro atoms. The predicted octanol–water partition coefficient (Wildman–Crippen LogP) is 3.26. The molecular weight excluding hydrogens is 349 g/mol. The van der Waals surface area contributed by atoms with Crippen LogP contribution in [0, 0.1) is 5.95 Å². The molecule has 1 aromatic carbocycles. The van der Waals surface area contributed by atoms with E-state index in [1.165, 1.54) is 29.6 Å². The number of hydrogen-bond donors (Lipinski definition) is 2. The van der Waals surface area contributed by atoms with Crippen LogP contribution in [0.25, 0.3) is 0 Å². The fourth-order valence-electron chi connectivity index (χ4n) is 2.47. The van der Waals surface area contributed by atoms with Gasteiger partial charge in [0.25, 0.3) is 5.91 Å². The number of carbonyl (C=O) groups is 1. The van der Waals surface area contributed by atoms with Crippen molar-refractivity contribution in [3.63, 3.8) is 0 Å². The van der Waals surface area contributed by atoms with Crippen molar-refractivity contribution in [1.82, 2.24) is 10.3 Å². The molecule has 0 radical (unpaired) electrons. The highest BCUT2D eigenvalue weighted by atomic mass is 79.9. The standard InChI is InChI=1S/C16H16FN3O.BrH/c1-10(11-2-4-14-12(8-11)6-7-18-14)20-16(21)13-3-5-15(17)19-9-13;/h2-5,8-10,18H,6-7H2,1H3,(H,20,21);1H. The maximum absolute atomic E-state index is 12.8. The van der Waals surface area contributed by atoms with Gasteiger partial charge in [-0.2, -0.15) is 4.39 Å². The zero-order valence-electron chi connectivity index (χ0n) is 12.1. The molecule has 6 heteroatoms. The number of halogens is 2. The van der Waals surface area contributed by atoms with Gasteiger partial charge in [0, 0.05) is 18.4 Å². The number of fused-ring (bicyclic) bond motifs is 1. The summed E-state index contributed by atoms with van der Waals surface area (Å²) in [5.41, 5.74) is 3.85. The third-order valence-electron chi connectivity index (χ3n) is 3.68. The summed E-state index contributed by atoms with van der Waals surface area (Å²) in [5, 5.41) is 6.21. The third kappa shape index (κ3) is 3.44. The van der Waals surface area contributed by atoms with Crippen LogP contribution in [0.5, 0.6) is 0 Å². The van der Waals surface area contributed by atoms with Crippen molar-refractivity contribution in [2.75, 3.05) is 11.9 Å². The Morgan fingerprint density at radius 2 is 2.18 bits per heavy atom. The van der Waals surface area contributed by atoms with Gasteiger partial charge in [0.15, 0.2) is 0 Å². The first kappa shape index (κ1) is 16.4. The average Bonchev–Trinajstić information content (AvgIpc) is 2.95. The molecule has 1 aromatic heterocycles. The number of anilines is 1. The molecule has 0 fully saturated rings. The Kier molecular flexibility index (Phi) is 5.13. The number of nitrogens with one attached hydrogen (secondary N) is 2. The third-order valence-corrected chi connectivity index (χ3v) is 3.68. The Bertz CT molecular complexity index is 676. The van der Waals surface area contributed by atoms with Crippen molar-refractivity contribution in [1.29, 1.82) is 0 Å². The van der Waals surface area contributed by atoms with Crippen LogP contribution in [0.2, 0.25) is 0 Å². The highest BCUT2D eigenvalue weighted by molar-refractivity contribution is 8.93. The Labute approximate surface area is 138 Å². The first-order valence-corrected chi connectivity index (χ1v) is 6.92. The van der Waals surface area contributed by atoms with Gasteiger partial charge in [-0.25, -0.2) is 4.98 Å². The fraction of sp³-hybridized carbons (Fsp3) is 0.250. The fourth-order valence-corrected chi connectivity index (χ4v) is 2.47. The van der Waals surface area contributed by atoms with E-state index < -0.39 is 5.95 Å². The van der Waals surface area contributed by atoms with Crippen molar-refractivity contribution >= 4 is 28.6 Å². The number of carbonyl (C=O) groups excluding carboxylic acids is 1. The number of rotatable bonds is 3. The van der Waals surface area contributed by atoms with E-state index in [2.05, 4.69) is 21.7 Å². The quantitative estimate of drug-likeness (QED) is 0.820. The number of hydrogen-bond acceptors (Lipinski definition) is 3. The summed E-state index contributed by atoms with van der Waals surface area (Å²) in [4.78, 5) is 15.6. The van der Waals surface area contributed by atoms with Gasteiger partial charge in [0.05, 0.1) is 11.6 Å². The van der Waals surface area contributed by atoms with Crippen molar-refractivity contribution in [3.05, 3.63) is 59.2 Å². The van der Waals surface area contributed by atoms with E-state index in [0.29, 0.717) is 5.56 Å². The van der Waals surface area contributed by atoms with Crippen LogP contribution in [0.1, 0.15) is 34.5 Å². The van der Waals surface area contributed by atoms with Gasteiger partial charge >= 0.3 is 0 Å². The maximum atomic E-state index is 12.8. The molecule has 1 atom stereocenters. The molecule has 1 amide bonds. The molecule has 0 saturated heterocycles. The Balaban J connectivity index is 0.00000176. The van der Waals surface area contributed by atoms with Gasteiger partial charge in [-0.1, -0.05) is 12.1 Å². The zero-order chi connectivity index (χ0) is 14.8. The summed E-state index contributed by atoms with van der Waals surface area (Å²) in [6, 6.07) is 8.65. The number of pyridine rings is 1. The molecule has 2 heterocycles.